The van der Waals surface area contributed by atoms with Gasteiger partial charge in [-0.25, -0.2) is 0 Å². The molecule has 1 saturated carbocycles. The van der Waals surface area contributed by atoms with E-state index in [4.69, 9.17) is 9.47 Å². The summed E-state index contributed by atoms with van der Waals surface area (Å²) in [7, 11) is 0.265. The average molecular weight is 592 g/mol. The van der Waals surface area contributed by atoms with Crippen LogP contribution in [0.25, 0.3) is 0 Å². The number of amides is 1. The molecule has 1 spiro atoms. The predicted octanol–water partition coefficient (Wildman–Crippen LogP) is 7.56. The first-order chi connectivity index (χ1) is 20.4. The second-order valence-electron chi connectivity index (χ2n) is 12.5. The van der Waals surface area contributed by atoms with Crippen molar-refractivity contribution in [3.63, 3.8) is 0 Å². The van der Waals surface area contributed by atoms with E-state index < -0.39 is 16.5 Å². The lowest BCUT2D eigenvalue weighted by Crippen LogP contribution is -2.49. The summed E-state index contributed by atoms with van der Waals surface area (Å²) in [5.41, 5.74) is 5.45. The fraction of sp³-hybridized carbons (Fsp3) is 0.571. The summed E-state index contributed by atoms with van der Waals surface area (Å²) in [5, 5.41) is 0. The minimum atomic E-state index is -1.54. The second kappa shape index (κ2) is 13.8. The summed E-state index contributed by atoms with van der Waals surface area (Å²) in [6.07, 6.45) is 12.8. The zero-order valence-electron chi connectivity index (χ0n) is 25.8. The van der Waals surface area contributed by atoms with Crippen LogP contribution in [0.15, 0.2) is 52.9 Å². The lowest BCUT2D eigenvalue weighted by molar-refractivity contribution is 0.0132. The van der Waals surface area contributed by atoms with Crippen LogP contribution in [0.1, 0.15) is 85.8 Å². The number of allylic oxidation sites excluding steroid dienone is 1. The van der Waals surface area contributed by atoms with Gasteiger partial charge in [0, 0.05) is 31.2 Å². The van der Waals surface area contributed by atoms with Gasteiger partial charge in [-0.05, 0) is 86.6 Å². The highest BCUT2D eigenvalue weighted by molar-refractivity contribution is 7.75. The molecule has 4 atom stereocenters. The second-order valence-corrected chi connectivity index (χ2v) is 13.8. The molecule has 42 heavy (non-hydrogen) atoms. The number of rotatable bonds is 1. The Bertz CT molecular complexity index is 1380. The van der Waals surface area contributed by atoms with Crippen molar-refractivity contribution in [1.29, 1.82) is 0 Å². The fourth-order valence-corrected chi connectivity index (χ4v) is 7.88. The normalized spacial score (nSPS) is 28.5. The summed E-state index contributed by atoms with van der Waals surface area (Å²) < 4.78 is 29.1. The van der Waals surface area contributed by atoms with E-state index in [9.17, 15) is 9.00 Å². The Morgan fingerprint density at radius 3 is 2.74 bits per heavy atom. The van der Waals surface area contributed by atoms with Gasteiger partial charge in [0.15, 0.2) is 0 Å². The van der Waals surface area contributed by atoms with Crippen molar-refractivity contribution in [2.75, 3.05) is 37.5 Å². The van der Waals surface area contributed by atoms with E-state index in [2.05, 4.69) is 60.4 Å². The van der Waals surface area contributed by atoms with Gasteiger partial charge in [0.25, 0.3) is 5.91 Å². The maximum absolute atomic E-state index is 13.0. The molecule has 1 amide bonds. The van der Waals surface area contributed by atoms with Crippen LogP contribution in [0.5, 0.6) is 5.75 Å². The molecular formula is C35H47N2O4S-. The van der Waals surface area contributed by atoms with E-state index >= 15 is 0 Å². The maximum Gasteiger partial charge on any atom is 0.254 e. The van der Waals surface area contributed by atoms with Crippen LogP contribution < -0.4 is 9.64 Å². The summed E-state index contributed by atoms with van der Waals surface area (Å²) in [4.78, 5) is 15.5. The summed E-state index contributed by atoms with van der Waals surface area (Å²) >= 11 is 0. The van der Waals surface area contributed by atoms with Crippen LogP contribution in [-0.4, -0.2) is 44.6 Å². The summed E-state index contributed by atoms with van der Waals surface area (Å²) in [5.74, 6) is 1.72. The van der Waals surface area contributed by atoms with Gasteiger partial charge in [-0.1, -0.05) is 68.4 Å². The molecule has 2 aromatic carbocycles. The lowest BCUT2D eigenvalue weighted by Gasteiger charge is -2.46. The molecule has 0 N–H and O–H groups in total. The van der Waals surface area contributed by atoms with Crippen molar-refractivity contribution in [3.05, 3.63) is 70.8 Å². The summed E-state index contributed by atoms with van der Waals surface area (Å²) in [6, 6.07) is 12.5. The molecule has 2 bridgehead atoms. The zero-order valence-corrected chi connectivity index (χ0v) is 26.6. The van der Waals surface area contributed by atoms with Gasteiger partial charge in [0.1, 0.15) is 5.75 Å². The Hall–Kier alpha value is -2.64. The van der Waals surface area contributed by atoms with Crippen molar-refractivity contribution in [1.82, 2.24) is 0 Å². The third kappa shape index (κ3) is 6.62. The monoisotopic (exact) mass is 591 g/mol. The Labute approximate surface area is 254 Å². The van der Waals surface area contributed by atoms with Gasteiger partial charge >= 0.3 is 0 Å². The molecule has 2 aliphatic carbocycles. The standard InChI is InChI=1S/C32H39N2O4S.C3H8/c1-22-9-13-27-23(17-22)7-6-15-32(27)20-34-19-25-10-12-26(25)29(37-2)8-4-3-5-16-39(36)33-31(35)24-11-14-30(38-21-32)28(34)18-24;1-3-2/h4,8-9,11,13-14,17-18,25-26,29H,3,5-7,10,12,15-16,19-21H2,1-2H3;3H2,1-2H3/q-1;/b8-4+;/t25-,26+,29-,32-;/m0./s1. The van der Waals surface area contributed by atoms with Gasteiger partial charge in [-0.15, -0.1) is 0 Å². The minimum absolute atomic E-state index is 0.0785. The number of carbonyl (C=O) groups excluding carboxylic acids is 1. The molecule has 0 unspecified atom stereocenters. The van der Waals surface area contributed by atoms with Gasteiger partial charge < -0.3 is 22.9 Å². The molecule has 0 saturated heterocycles. The number of fused-ring (bicyclic) bond motifs is 4. The van der Waals surface area contributed by atoms with E-state index in [0.29, 0.717) is 29.8 Å². The molecule has 2 aliphatic heterocycles. The van der Waals surface area contributed by atoms with Gasteiger partial charge in [0.2, 0.25) is 0 Å². The Morgan fingerprint density at radius 1 is 1.14 bits per heavy atom. The lowest BCUT2D eigenvalue weighted by atomic mass is 9.68. The van der Waals surface area contributed by atoms with Crippen molar-refractivity contribution in [3.8, 4) is 5.75 Å². The van der Waals surface area contributed by atoms with Crippen LogP contribution in [0.3, 0.4) is 0 Å². The van der Waals surface area contributed by atoms with Gasteiger partial charge in [-0.3, -0.25) is 4.79 Å². The van der Waals surface area contributed by atoms with Gasteiger partial charge in [-0.2, -0.15) is 10.6 Å². The number of benzene rings is 2. The largest absolute Gasteiger partial charge is 0.490 e. The average Bonchev–Trinajstić information content (AvgIpc) is 3.11. The Morgan fingerprint density at radius 2 is 1.98 bits per heavy atom. The number of hydrogen-bond donors (Lipinski definition) is 0. The molecule has 4 aliphatic rings. The van der Waals surface area contributed by atoms with Crippen molar-refractivity contribution in [2.24, 2.45) is 16.2 Å². The first kappa shape index (κ1) is 30.8. The van der Waals surface area contributed by atoms with Crippen LogP contribution in [0.4, 0.5) is 5.69 Å². The van der Waals surface area contributed by atoms with Crippen LogP contribution in [-0.2, 0) is 31.4 Å². The first-order valence-electron chi connectivity index (χ1n) is 15.8. The highest BCUT2D eigenvalue weighted by Gasteiger charge is 2.44. The molecule has 6 rings (SSSR count). The number of ether oxygens (including phenoxy) is 2. The van der Waals surface area contributed by atoms with E-state index in [1.54, 1.807) is 13.2 Å². The van der Waals surface area contributed by atoms with Gasteiger partial charge in [0.05, 0.1) is 18.4 Å². The number of hydrogen-bond acceptors (Lipinski definition) is 6. The number of anilines is 1. The Kier molecular flexibility index (Phi) is 10.1. The quantitative estimate of drug-likeness (QED) is 0.253. The van der Waals surface area contributed by atoms with E-state index in [-0.39, 0.29) is 11.5 Å². The smallest absolute Gasteiger partial charge is 0.254 e. The topological polar surface area (TPSA) is 68.2 Å². The Balaban J connectivity index is 0.00000113. The number of aryl methyl sites for hydroxylation is 2. The zero-order chi connectivity index (χ0) is 29.7. The molecule has 0 radical (unpaired) electrons. The molecule has 2 aromatic rings. The number of carbonyl (C=O) groups is 1. The fourth-order valence-electron chi connectivity index (χ4n) is 7.09. The first-order valence-corrected chi connectivity index (χ1v) is 17.1. The minimum Gasteiger partial charge on any atom is -0.490 e. The van der Waals surface area contributed by atoms with Crippen LogP contribution in [0.2, 0.25) is 0 Å². The van der Waals surface area contributed by atoms with Crippen molar-refractivity contribution >= 4 is 22.2 Å². The SMILES string of the molecule is CCC.CO[C@H]1/C=C/CCC[S-](=O)=NC(=O)c2ccc3c(c2)N(C[C@@H]2CC[C@H]21)C[C@@]1(CCCc2cc(C)ccc21)CO3. The molecular weight excluding hydrogens is 544 g/mol. The van der Waals surface area contributed by atoms with Crippen molar-refractivity contribution in [2.45, 2.75) is 83.7 Å². The predicted molar refractivity (Wildman–Crippen MR) is 171 cm³/mol. The number of methoxy groups -OCH3 is 1. The summed E-state index contributed by atoms with van der Waals surface area (Å²) in [6.45, 7) is 8.76. The molecule has 1 fully saturated rings. The third-order valence-corrected chi connectivity index (χ3v) is 10.3. The molecule has 2 heterocycles. The molecule has 228 valence electrons. The van der Waals surface area contributed by atoms with E-state index in [0.717, 1.165) is 63.1 Å². The maximum atomic E-state index is 13.0. The van der Waals surface area contributed by atoms with Crippen molar-refractivity contribution < 1.29 is 18.5 Å². The van der Waals surface area contributed by atoms with E-state index in [1.807, 2.05) is 12.1 Å². The van der Waals surface area contributed by atoms with Crippen LogP contribution >= 0.6 is 0 Å². The molecule has 7 heteroatoms. The third-order valence-electron chi connectivity index (χ3n) is 9.30. The molecule has 0 aromatic heterocycles. The highest BCUT2D eigenvalue weighted by Crippen LogP contribution is 2.46. The van der Waals surface area contributed by atoms with E-state index in [1.165, 1.54) is 29.5 Å². The van der Waals surface area contributed by atoms with Crippen LogP contribution in [0, 0.1) is 18.8 Å². The molecule has 6 nitrogen and oxygen atoms in total. The number of nitrogens with zero attached hydrogens (tertiary/aromatic N) is 2. The highest BCUT2D eigenvalue weighted by atomic mass is 32.2.